The van der Waals surface area contributed by atoms with Crippen LogP contribution in [0.3, 0.4) is 0 Å². The van der Waals surface area contributed by atoms with Crippen LogP contribution in [0.4, 0.5) is 0 Å². The highest BCUT2D eigenvalue weighted by atomic mass is 32.1. The minimum Gasteiger partial charge on any atom is -0.477 e. The smallest absolute Gasteiger partial charge is 0.236 e. The normalized spacial score (nSPS) is 17.6. The largest absolute Gasteiger partial charge is 0.477 e. The molecule has 3 aromatic rings. The first-order valence-electron chi connectivity index (χ1n) is 8.42. The van der Waals surface area contributed by atoms with Gasteiger partial charge in [0.05, 0.1) is 6.61 Å². The first-order valence-corrected chi connectivity index (χ1v) is 9.24. The number of nitrogens with zero attached hydrogens (tertiary/aromatic N) is 5. The van der Waals surface area contributed by atoms with Gasteiger partial charge in [-0.3, -0.25) is 4.98 Å². The monoisotopic (exact) mass is 357 g/mol. The van der Waals surface area contributed by atoms with E-state index in [2.05, 4.69) is 20.1 Å². The minimum atomic E-state index is -0.0295. The predicted molar refractivity (Wildman–Crippen MR) is 94.4 cm³/mol. The van der Waals surface area contributed by atoms with Gasteiger partial charge in [0.15, 0.2) is 12.1 Å². The summed E-state index contributed by atoms with van der Waals surface area (Å²) in [5.74, 6) is 1.19. The van der Waals surface area contributed by atoms with Gasteiger partial charge < -0.3 is 9.47 Å². The van der Waals surface area contributed by atoms with Gasteiger partial charge in [0, 0.05) is 24.6 Å². The molecule has 0 spiro atoms. The molecule has 130 valence electrons. The Hall–Kier alpha value is -2.32. The van der Waals surface area contributed by atoms with Crippen LogP contribution in [0.15, 0.2) is 30.9 Å². The average Bonchev–Trinajstić information content (AvgIpc) is 3.31. The van der Waals surface area contributed by atoms with E-state index in [0.29, 0.717) is 18.3 Å². The zero-order valence-electron chi connectivity index (χ0n) is 14.0. The molecule has 1 aliphatic rings. The summed E-state index contributed by atoms with van der Waals surface area (Å²) in [4.78, 5) is 14.0. The van der Waals surface area contributed by atoms with E-state index in [-0.39, 0.29) is 6.23 Å². The maximum atomic E-state index is 5.78. The summed E-state index contributed by atoms with van der Waals surface area (Å²) in [5, 5.41) is 5.48. The lowest BCUT2D eigenvalue weighted by Gasteiger charge is -2.21. The molecule has 4 rings (SSSR count). The molecule has 0 aliphatic carbocycles. The van der Waals surface area contributed by atoms with E-state index in [1.54, 1.807) is 23.4 Å². The molecule has 7 nitrogen and oxygen atoms in total. The number of ether oxygens (including phenoxy) is 2. The number of pyridine rings is 1. The fourth-order valence-corrected chi connectivity index (χ4v) is 3.70. The van der Waals surface area contributed by atoms with Crippen molar-refractivity contribution in [3.8, 4) is 27.2 Å². The standard InChI is InChI=1S/C17H19N5O2S/c1-2-23-16-14(25-17(20-16)12-6-8-18-9-7-12)15-19-11-22(21-15)13-5-3-4-10-24-13/h6-9,11,13H,2-5,10H2,1H3. The highest BCUT2D eigenvalue weighted by Crippen LogP contribution is 2.38. The van der Waals surface area contributed by atoms with E-state index in [1.165, 1.54) is 11.3 Å². The molecule has 0 N–H and O–H groups in total. The second kappa shape index (κ2) is 7.28. The lowest BCUT2D eigenvalue weighted by Crippen LogP contribution is -2.18. The number of hydrogen-bond acceptors (Lipinski definition) is 7. The third-order valence-corrected chi connectivity index (χ3v) is 5.05. The molecule has 1 aliphatic heterocycles. The maximum absolute atomic E-state index is 5.78. The van der Waals surface area contributed by atoms with E-state index in [0.717, 1.165) is 41.3 Å². The van der Waals surface area contributed by atoms with Crippen LogP contribution in [0, 0.1) is 0 Å². The Morgan fingerprint density at radius 3 is 2.96 bits per heavy atom. The molecule has 1 atom stereocenters. The van der Waals surface area contributed by atoms with E-state index < -0.39 is 0 Å². The summed E-state index contributed by atoms with van der Waals surface area (Å²) in [6.07, 6.45) is 8.43. The van der Waals surface area contributed by atoms with Crippen molar-refractivity contribution in [1.82, 2.24) is 24.7 Å². The molecule has 0 aromatic carbocycles. The topological polar surface area (TPSA) is 75.0 Å². The van der Waals surface area contributed by atoms with Crippen LogP contribution in [-0.4, -0.2) is 37.9 Å². The number of rotatable bonds is 5. The zero-order valence-corrected chi connectivity index (χ0v) is 14.8. The third-order valence-electron chi connectivity index (χ3n) is 3.97. The molecule has 25 heavy (non-hydrogen) atoms. The molecule has 8 heteroatoms. The van der Waals surface area contributed by atoms with Crippen molar-refractivity contribution in [1.29, 1.82) is 0 Å². The number of aromatic nitrogens is 5. The van der Waals surface area contributed by atoms with Crippen LogP contribution in [0.5, 0.6) is 5.88 Å². The maximum Gasteiger partial charge on any atom is 0.236 e. The minimum absolute atomic E-state index is 0.0295. The summed E-state index contributed by atoms with van der Waals surface area (Å²) in [6.45, 7) is 3.26. The van der Waals surface area contributed by atoms with E-state index in [4.69, 9.17) is 9.47 Å². The Balaban J connectivity index is 1.67. The SMILES string of the molecule is CCOc1nc(-c2ccncc2)sc1-c1ncn(C2CCCCO2)n1. The quantitative estimate of drug-likeness (QED) is 0.695. The highest BCUT2D eigenvalue weighted by Gasteiger charge is 2.22. The Kier molecular flexibility index (Phi) is 4.71. The van der Waals surface area contributed by atoms with Crippen LogP contribution in [-0.2, 0) is 4.74 Å². The lowest BCUT2D eigenvalue weighted by atomic mass is 10.2. The fraction of sp³-hybridized carbons (Fsp3) is 0.412. The summed E-state index contributed by atoms with van der Waals surface area (Å²) >= 11 is 1.52. The molecule has 0 radical (unpaired) electrons. The zero-order chi connectivity index (χ0) is 17.1. The van der Waals surface area contributed by atoms with Crippen molar-refractivity contribution in [2.75, 3.05) is 13.2 Å². The molecule has 0 amide bonds. The van der Waals surface area contributed by atoms with Gasteiger partial charge in [-0.1, -0.05) is 0 Å². The third kappa shape index (κ3) is 3.40. The van der Waals surface area contributed by atoms with Gasteiger partial charge >= 0.3 is 0 Å². The van der Waals surface area contributed by atoms with Gasteiger partial charge in [0.1, 0.15) is 16.2 Å². The van der Waals surface area contributed by atoms with Crippen molar-refractivity contribution in [3.63, 3.8) is 0 Å². The molecular formula is C17H19N5O2S. The summed E-state index contributed by atoms with van der Waals surface area (Å²) in [7, 11) is 0. The Morgan fingerprint density at radius 2 is 2.20 bits per heavy atom. The summed E-state index contributed by atoms with van der Waals surface area (Å²) in [6, 6.07) is 3.86. The average molecular weight is 357 g/mol. The summed E-state index contributed by atoms with van der Waals surface area (Å²) in [5.41, 5.74) is 1.00. The first kappa shape index (κ1) is 16.2. The molecule has 0 saturated carbocycles. The molecule has 1 fully saturated rings. The molecule has 0 bridgehead atoms. The van der Waals surface area contributed by atoms with Crippen LogP contribution in [0.2, 0.25) is 0 Å². The van der Waals surface area contributed by atoms with Crippen LogP contribution < -0.4 is 4.74 Å². The van der Waals surface area contributed by atoms with Crippen LogP contribution in [0.25, 0.3) is 21.3 Å². The van der Waals surface area contributed by atoms with E-state index >= 15 is 0 Å². The predicted octanol–water partition coefficient (Wildman–Crippen LogP) is 3.56. The highest BCUT2D eigenvalue weighted by molar-refractivity contribution is 7.18. The molecule has 4 heterocycles. The number of thiazole rings is 1. The van der Waals surface area contributed by atoms with Crippen molar-refractivity contribution < 1.29 is 9.47 Å². The first-order chi connectivity index (χ1) is 12.3. The molecular weight excluding hydrogens is 338 g/mol. The molecule has 3 aromatic heterocycles. The van der Waals surface area contributed by atoms with Crippen molar-refractivity contribution >= 4 is 11.3 Å². The second-order valence-corrected chi connectivity index (χ2v) is 6.69. The van der Waals surface area contributed by atoms with Crippen molar-refractivity contribution in [2.45, 2.75) is 32.4 Å². The van der Waals surface area contributed by atoms with E-state index in [9.17, 15) is 0 Å². The Labute approximate surface area is 149 Å². The van der Waals surface area contributed by atoms with E-state index in [1.807, 2.05) is 19.1 Å². The van der Waals surface area contributed by atoms with Gasteiger partial charge in [-0.2, -0.15) is 0 Å². The lowest BCUT2D eigenvalue weighted by molar-refractivity contribution is -0.0395. The Bertz CT molecular complexity index is 827. The van der Waals surface area contributed by atoms with Gasteiger partial charge in [-0.05, 0) is 38.3 Å². The van der Waals surface area contributed by atoms with Crippen LogP contribution in [0.1, 0.15) is 32.4 Å². The fourth-order valence-electron chi connectivity index (χ4n) is 2.75. The second-order valence-electron chi connectivity index (χ2n) is 5.69. The van der Waals surface area contributed by atoms with Gasteiger partial charge in [-0.15, -0.1) is 16.4 Å². The Morgan fingerprint density at radius 1 is 1.32 bits per heavy atom. The van der Waals surface area contributed by atoms with Gasteiger partial charge in [0.25, 0.3) is 0 Å². The van der Waals surface area contributed by atoms with Gasteiger partial charge in [0.2, 0.25) is 5.88 Å². The van der Waals surface area contributed by atoms with Gasteiger partial charge in [-0.25, -0.2) is 14.6 Å². The molecule has 1 unspecified atom stereocenters. The van der Waals surface area contributed by atoms with Crippen molar-refractivity contribution in [2.24, 2.45) is 0 Å². The van der Waals surface area contributed by atoms with Crippen LogP contribution >= 0.6 is 11.3 Å². The number of hydrogen-bond donors (Lipinski definition) is 0. The molecule has 1 saturated heterocycles. The van der Waals surface area contributed by atoms with Crippen molar-refractivity contribution in [3.05, 3.63) is 30.9 Å². The summed E-state index contributed by atoms with van der Waals surface area (Å²) < 4.78 is 13.3.